The zero-order valence-corrected chi connectivity index (χ0v) is 9.73. The van der Waals surface area contributed by atoms with Crippen LogP contribution in [0.3, 0.4) is 0 Å². The van der Waals surface area contributed by atoms with Gasteiger partial charge >= 0.3 is 0 Å². The fourth-order valence-corrected chi connectivity index (χ4v) is 0.958. The molecule has 96 valence electrons. The van der Waals surface area contributed by atoms with Crippen LogP contribution in [0.15, 0.2) is 12.7 Å². The van der Waals surface area contributed by atoms with Crippen molar-refractivity contribution in [2.24, 2.45) is 0 Å². The average molecular weight is 236 g/mol. The molecule has 0 aliphatic carbocycles. The van der Waals surface area contributed by atoms with Crippen molar-refractivity contribution in [1.29, 1.82) is 0 Å². The molecule has 2 unspecified atom stereocenters. The zero-order chi connectivity index (χ0) is 12.2. The molecular weight excluding hydrogens is 215 g/mol. The van der Waals surface area contributed by atoms with Crippen molar-refractivity contribution in [3.8, 4) is 0 Å². The molecule has 0 amide bonds. The van der Waals surface area contributed by atoms with E-state index in [9.17, 15) is 9.50 Å². The first-order valence-corrected chi connectivity index (χ1v) is 5.37. The minimum Gasteiger partial charge on any atom is -0.391 e. The lowest BCUT2D eigenvalue weighted by atomic mass is 10.3. The first-order valence-electron chi connectivity index (χ1n) is 5.37. The molecule has 0 bridgehead atoms. The molecular formula is C11H21FO4. The number of alkyl halides is 1. The van der Waals surface area contributed by atoms with E-state index in [1.165, 1.54) is 6.92 Å². The second-order valence-corrected chi connectivity index (χ2v) is 3.29. The summed E-state index contributed by atoms with van der Waals surface area (Å²) in [6.45, 7) is 6.44. The molecule has 0 aliphatic rings. The van der Waals surface area contributed by atoms with Crippen LogP contribution in [0.1, 0.15) is 13.3 Å². The Bertz CT molecular complexity index is 164. The summed E-state index contributed by atoms with van der Waals surface area (Å²) < 4.78 is 27.0. The van der Waals surface area contributed by atoms with Gasteiger partial charge in [-0.3, -0.25) is 0 Å². The normalized spacial score (nSPS) is 14.7. The van der Waals surface area contributed by atoms with Crippen LogP contribution < -0.4 is 0 Å². The molecule has 2 atom stereocenters. The molecule has 0 aromatic heterocycles. The lowest BCUT2D eigenvalue weighted by Crippen LogP contribution is -2.19. The molecule has 0 saturated heterocycles. The van der Waals surface area contributed by atoms with E-state index in [4.69, 9.17) is 9.47 Å². The summed E-state index contributed by atoms with van der Waals surface area (Å²) in [6, 6.07) is 0. The fraction of sp³-hybridized carbons (Fsp3) is 0.818. The highest BCUT2D eigenvalue weighted by atomic mass is 19.1. The molecule has 0 aromatic carbocycles. The summed E-state index contributed by atoms with van der Waals surface area (Å²) in [5.41, 5.74) is 0. The van der Waals surface area contributed by atoms with Gasteiger partial charge in [0, 0.05) is 6.61 Å². The number of halogens is 1. The lowest BCUT2D eigenvalue weighted by Gasteiger charge is -2.11. The quantitative estimate of drug-likeness (QED) is 0.434. The highest BCUT2D eigenvalue weighted by Gasteiger charge is 2.04. The van der Waals surface area contributed by atoms with Crippen LogP contribution in [0, 0.1) is 0 Å². The van der Waals surface area contributed by atoms with Crippen LogP contribution in [-0.2, 0) is 14.2 Å². The summed E-state index contributed by atoms with van der Waals surface area (Å²) in [7, 11) is 0. The van der Waals surface area contributed by atoms with Crippen LogP contribution in [0.2, 0.25) is 0 Å². The predicted molar refractivity (Wildman–Crippen MR) is 59.0 cm³/mol. The number of hydrogen-bond acceptors (Lipinski definition) is 4. The van der Waals surface area contributed by atoms with Crippen molar-refractivity contribution in [2.75, 3.05) is 33.0 Å². The third-order valence-electron chi connectivity index (χ3n) is 1.72. The third-order valence-corrected chi connectivity index (χ3v) is 1.72. The van der Waals surface area contributed by atoms with Crippen LogP contribution in [0.25, 0.3) is 0 Å². The standard InChI is InChI=1S/C11H21FO4/c1-3-5-14-6-4-11(13)9-15-7-8-16-10(2)12/h3,10-11,13H,1,4-9H2,2H3. The molecule has 16 heavy (non-hydrogen) atoms. The van der Waals surface area contributed by atoms with E-state index < -0.39 is 12.5 Å². The maximum Gasteiger partial charge on any atom is 0.195 e. The van der Waals surface area contributed by atoms with Crippen molar-refractivity contribution < 1.29 is 23.7 Å². The second kappa shape index (κ2) is 11.0. The maximum atomic E-state index is 12.2. The Morgan fingerprint density at radius 3 is 2.69 bits per heavy atom. The smallest absolute Gasteiger partial charge is 0.195 e. The first-order chi connectivity index (χ1) is 7.66. The Labute approximate surface area is 96.0 Å². The Balaban J connectivity index is 3.17. The molecule has 0 rings (SSSR count). The van der Waals surface area contributed by atoms with E-state index in [0.717, 1.165) is 0 Å². The van der Waals surface area contributed by atoms with Gasteiger partial charge in [0.1, 0.15) is 0 Å². The molecule has 1 N–H and O–H groups in total. The maximum absolute atomic E-state index is 12.2. The summed E-state index contributed by atoms with van der Waals surface area (Å²) >= 11 is 0. The Morgan fingerprint density at radius 2 is 2.06 bits per heavy atom. The number of hydrogen-bond donors (Lipinski definition) is 1. The zero-order valence-electron chi connectivity index (χ0n) is 9.73. The summed E-state index contributed by atoms with van der Waals surface area (Å²) in [6.07, 6.45) is 0.320. The number of ether oxygens (including phenoxy) is 3. The Morgan fingerprint density at radius 1 is 1.31 bits per heavy atom. The van der Waals surface area contributed by atoms with Crippen LogP contribution >= 0.6 is 0 Å². The highest BCUT2D eigenvalue weighted by Crippen LogP contribution is 1.95. The topological polar surface area (TPSA) is 47.9 Å². The largest absolute Gasteiger partial charge is 0.391 e. The predicted octanol–water partition coefficient (Wildman–Crippen LogP) is 1.29. The Hall–Kier alpha value is -0.490. The number of rotatable bonds is 11. The molecule has 0 radical (unpaired) electrons. The second-order valence-electron chi connectivity index (χ2n) is 3.29. The number of aliphatic hydroxyl groups is 1. The number of aliphatic hydroxyl groups excluding tert-OH is 1. The molecule has 0 saturated carbocycles. The van der Waals surface area contributed by atoms with Crippen LogP contribution in [0.5, 0.6) is 0 Å². The van der Waals surface area contributed by atoms with Gasteiger partial charge in [-0.2, -0.15) is 0 Å². The van der Waals surface area contributed by atoms with Gasteiger partial charge in [0.2, 0.25) is 0 Å². The van der Waals surface area contributed by atoms with Crippen molar-refractivity contribution >= 4 is 0 Å². The monoisotopic (exact) mass is 236 g/mol. The van der Waals surface area contributed by atoms with Crippen molar-refractivity contribution in [3.05, 3.63) is 12.7 Å². The van der Waals surface area contributed by atoms with E-state index in [1.54, 1.807) is 6.08 Å². The third kappa shape index (κ3) is 11.6. The molecule has 4 nitrogen and oxygen atoms in total. The van der Waals surface area contributed by atoms with E-state index in [2.05, 4.69) is 11.3 Å². The molecule has 0 aromatic rings. The van der Waals surface area contributed by atoms with Gasteiger partial charge in [0.15, 0.2) is 6.36 Å². The SMILES string of the molecule is C=CCOCCC(O)COCCOC(C)F. The van der Waals surface area contributed by atoms with Gasteiger partial charge in [-0.1, -0.05) is 6.08 Å². The summed E-state index contributed by atoms with van der Waals surface area (Å²) in [4.78, 5) is 0. The van der Waals surface area contributed by atoms with Gasteiger partial charge < -0.3 is 19.3 Å². The molecule has 0 aliphatic heterocycles. The summed E-state index contributed by atoms with van der Waals surface area (Å²) in [5, 5.41) is 9.41. The van der Waals surface area contributed by atoms with Crippen LogP contribution in [0.4, 0.5) is 4.39 Å². The minimum absolute atomic E-state index is 0.192. The fourth-order valence-electron chi connectivity index (χ4n) is 0.958. The lowest BCUT2D eigenvalue weighted by molar-refractivity contribution is -0.0605. The van der Waals surface area contributed by atoms with E-state index in [1.807, 2.05) is 0 Å². The Kier molecular flexibility index (Phi) is 10.7. The van der Waals surface area contributed by atoms with Gasteiger partial charge in [0.25, 0.3) is 0 Å². The molecule has 0 fully saturated rings. The van der Waals surface area contributed by atoms with Crippen molar-refractivity contribution in [1.82, 2.24) is 0 Å². The first kappa shape index (κ1) is 15.5. The van der Waals surface area contributed by atoms with E-state index in [-0.39, 0.29) is 19.8 Å². The molecule has 0 heterocycles. The van der Waals surface area contributed by atoms with Crippen molar-refractivity contribution in [2.45, 2.75) is 25.8 Å². The molecule has 5 heteroatoms. The van der Waals surface area contributed by atoms with Gasteiger partial charge in [0.05, 0.1) is 32.5 Å². The van der Waals surface area contributed by atoms with Crippen LogP contribution in [-0.4, -0.2) is 50.6 Å². The van der Waals surface area contributed by atoms with Gasteiger partial charge in [-0.15, -0.1) is 6.58 Å². The highest BCUT2D eigenvalue weighted by molar-refractivity contribution is 4.64. The van der Waals surface area contributed by atoms with Crippen molar-refractivity contribution in [3.63, 3.8) is 0 Å². The molecule has 0 spiro atoms. The van der Waals surface area contributed by atoms with E-state index >= 15 is 0 Å². The van der Waals surface area contributed by atoms with Gasteiger partial charge in [-0.25, -0.2) is 4.39 Å². The average Bonchev–Trinajstić information content (AvgIpc) is 2.23. The van der Waals surface area contributed by atoms with Gasteiger partial charge in [-0.05, 0) is 13.3 Å². The summed E-state index contributed by atoms with van der Waals surface area (Å²) in [5.74, 6) is 0. The van der Waals surface area contributed by atoms with E-state index in [0.29, 0.717) is 19.6 Å². The minimum atomic E-state index is -1.28.